The topological polar surface area (TPSA) is 54.7 Å². The summed E-state index contributed by atoms with van der Waals surface area (Å²) in [7, 11) is 7.08. The van der Waals surface area contributed by atoms with Gasteiger partial charge in [-0.05, 0) is 74.2 Å². The lowest BCUT2D eigenvalue weighted by Gasteiger charge is -2.32. The lowest BCUT2D eigenvalue weighted by molar-refractivity contribution is 0.292. The van der Waals surface area contributed by atoms with Crippen LogP contribution in [0.1, 0.15) is 37.8 Å². The van der Waals surface area contributed by atoms with E-state index in [9.17, 15) is 5.26 Å². The smallest absolute Gasteiger partial charge is 0.161 e. The van der Waals surface area contributed by atoms with Crippen molar-refractivity contribution in [2.75, 3.05) is 41.5 Å². The Labute approximate surface area is 199 Å². The number of nitrogens with zero attached hydrogens (tertiary/aromatic N) is 2. The molecule has 0 aliphatic rings. The number of ether oxygens (including phenoxy) is 3. The van der Waals surface area contributed by atoms with Gasteiger partial charge in [0, 0.05) is 6.54 Å². The van der Waals surface area contributed by atoms with Crippen LogP contribution in [0.5, 0.6) is 17.2 Å². The van der Waals surface area contributed by atoms with Gasteiger partial charge in [0.05, 0.1) is 32.8 Å². The number of rotatable bonds is 12. The summed E-state index contributed by atoms with van der Waals surface area (Å²) in [5.74, 6) is 2.42. The van der Waals surface area contributed by atoms with Gasteiger partial charge in [-0.3, -0.25) is 0 Å². The number of hydrogen-bond acceptors (Lipinski definition) is 5. The molecule has 5 nitrogen and oxygen atoms in total. The Balaban J connectivity index is 0.00000512. The Kier molecular flexibility index (Phi) is 11.4. The third-order valence-corrected chi connectivity index (χ3v) is 6.11. The van der Waals surface area contributed by atoms with Crippen LogP contribution in [0.15, 0.2) is 42.5 Å². The maximum atomic E-state index is 10.2. The van der Waals surface area contributed by atoms with Crippen molar-refractivity contribution >= 4 is 12.4 Å². The van der Waals surface area contributed by atoms with Crippen molar-refractivity contribution in [2.24, 2.45) is 5.92 Å². The molecule has 2 aromatic rings. The van der Waals surface area contributed by atoms with Gasteiger partial charge >= 0.3 is 0 Å². The zero-order valence-electron chi connectivity index (χ0n) is 20.2. The Morgan fingerprint density at radius 2 is 1.69 bits per heavy atom. The van der Waals surface area contributed by atoms with Crippen LogP contribution in [0, 0.1) is 17.2 Å². The van der Waals surface area contributed by atoms with Crippen LogP contribution in [0.25, 0.3) is 0 Å². The highest BCUT2D eigenvalue weighted by Gasteiger charge is 2.36. The quantitative estimate of drug-likeness (QED) is 0.418. The van der Waals surface area contributed by atoms with Crippen LogP contribution < -0.4 is 14.2 Å². The number of halogens is 1. The molecule has 0 saturated heterocycles. The van der Waals surface area contributed by atoms with E-state index in [4.69, 9.17) is 14.2 Å². The van der Waals surface area contributed by atoms with Crippen molar-refractivity contribution in [3.63, 3.8) is 0 Å². The first-order valence-corrected chi connectivity index (χ1v) is 10.9. The zero-order chi connectivity index (χ0) is 22.9. The minimum atomic E-state index is -0.562. The van der Waals surface area contributed by atoms with Crippen LogP contribution in [0.2, 0.25) is 0 Å². The summed E-state index contributed by atoms with van der Waals surface area (Å²) in [5.41, 5.74) is 1.69. The molecule has 0 fully saturated rings. The van der Waals surface area contributed by atoms with Gasteiger partial charge in [0.25, 0.3) is 0 Å². The molecule has 0 saturated carbocycles. The molecule has 0 N–H and O–H groups in total. The summed E-state index contributed by atoms with van der Waals surface area (Å²) >= 11 is 0. The minimum absolute atomic E-state index is 0. The maximum Gasteiger partial charge on any atom is 0.161 e. The minimum Gasteiger partial charge on any atom is -0.497 e. The molecule has 0 unspecified atom stereocenters. The average molecular weight is 461 g/mol. The Hall–Kier alpha value is -2.42. The Bertz CT molecular complexity index is 882. The van der Waals surface area contributed by atoms with Gasteiger partial charge in [0.1, 0.15) is 5.75 Å². The first-order valence-electron chi connectivity index (χ1n) is 10.9. The van der Waals surface area contributed by atoms with Crippen molar-refractivity contribution in [1.82, 2.24) is 4.90 Å². The summed E-state index contributed by atoms with van der Waals surface area (Å²) in [6.07, 6.45) is 2.70. The number of nitriles is 1. The molecule has 0 aromatic heterocycles. The maximum absolute atomic E-state index is 10.2. The van der Waals surface area contributed by atoms with Crippen LogP contribution in [-0.2, 0) is 11.8 Å². The third-order valence-electron chi connectivity index (χ3n) is 6.11. The van der Waals surface area contributed by atoms with E-state index in [1.165, 1.54) is 5.56 Å². The molecule has 6 heteroatoms. The van der Waals surface area contributed by atoms with E-state index in [1.54, 1.807) is 21.3 Å². The summed E-state index contributed by atoms with van der Waals surface area (Å²) in [6.45, 7) is 6.14. The van der Waals surface area contributed by atoms with Crippen molar-refractivity contribution in [2.45, 2.75) is 38.5 Å². The molecule has 1 atom stereocenters. The molecule has 0 spiro atoms. The van der Waals surface area contributed by atoms with E-state index in [0.717, 1.165) is 43.7 Å². The monoisotopic (exact) mass is 460 g/mol. The fourth-order valence-electron chi connectivity index (χ4n) is 4.02. The van der Waals surface area contributed by atoms with Gasteiger partial charge in [-0.1, -0.05) is 32.0 Å². The number of benzene rings is 2. The van der Waals surface area contributed by atoms with Gasteiger partial charge in [0.2, 0.25) is 0 Å². The van der Waals surface area contributed by atoms with Crippen LogP contribution in [0.4, 0.5) is 0 Å². The van der Waals surface area contributed by atoms with E-state index >= 15 is 0 Å². The van der Waals surface area contributed by atoms with E-state index in [0.29, 0.717) is 11.5 Å². The second-order valence-corrected chi connectivity index (χ2v) is 8.32. The summed E-state index contributed by atoms with van der Waals surface area (Å²) < 4.78 is 16.2. The molecule has 32 heavy (non-hydrogen) atoms. The number of likely N-dealkylation sites (N-methyl/N-ethyl adjacent to an activating group) is 1. The molecule has 0 bridgehead atoms. The highest BCUT2D eigenvalue weighted by Crippen LogP contribution is 2.40. The third kappa shape index (κ3) is 6.79. The summed E-state index contributed by atoms with van der Waals surface area (Å²) in [6, 6.07) is 16.7. The van der Waals surface area contributed by atoms with E-state index in [2.05, 4.69) is 44.0 Å². The lowest BCUT2D eigenvalue weighted by Crippen LogP contribution is -2.32. The predicted molar refractivity (Wildman–Crippen MR) is 132 cm³/mol. The number of methoxy groups -OCH3 is 3. The highest BCUT2D eigenvalue weighted by molar-refractivity contribution is 5.85. The van der Waals surface area contributed by atoms with Crippen molar-refractivity contribution < 1.29 is 14.2 Å². The second kappa shape index (κ2) is 13.2. The standard InChI is InChI=1S/C26H36N2O3.ClH/c1-20(2)26(19-27,22-11-12-24(30-5)25(18-22)31-6)14-8-15-28(3)16-13-21-9-7-10-23(17-21)29-4;/h7,9-12,17-18,20H,8,13-16H2,1-6H3;1H/t26-;/m0./s1. The predicted octanol–water partition coefficient (Wildman–Crippen LogP) is 5.51. The Morgan fingerprint density at radius 3 is 2.28 bits per heavy atom. The fourth-order valence-corrected chi connectivity index (χ4v) is 4.02. The largest absolute Gasteiger partial charge is 0.497 e. The van der Waals surface area contributed by atoms with Crippen molar-refractivity contribution in [1.29, 1.82) is 5.26 Å². The molecule has 0 aliphatic carbocycles. The molecule has 0 radical (unpaired) electrons. The molecular weight excluding hydrogens is 424 g/mol. The molecule has 0 heterocycles. The van der Waals surface area contributed by atoms with Crippen molar-refractivity contribution in [3.8, 4) is 23.3 Å². The average Bonchev–Trinajstić information content (AvgIpc) is 2.80. The van der Waals surface area contributed by atoms with Crippen LogP contribution in [0.3, 0.4) is 0 Å². The van der Waals surface area contributed by atoms with Gasteiger partial charge in [-0.25, -0.2) is 0 Å². The van der Waals surface area contributed by atoms with Gasteiger partial charge in [-0.15, -0.1) is 12.4 Å². The molecular formula is C26H37ClN2O3. The molecule has 2 aromatic carbocycles. The second-order valence-electron chi connectivity index (χ2n) is 8.32. The van der Waals surface area contributed by atoms with Crippen molar-refractivity contribution in [3.05, 3.63) is 53.6 Å². The molecule has 0 amide bonds. The van der Waals surface area contributed by atoms with Crippen LogP contribution >= 0.6 is 12.4 Å². The SMILES string of the molecule is COc1cccc(CCN(C)CCC[C@@](C#N)(c2ccc(OC)c(OC)c2)C(C)C)c1.Cl. The Morgan fingerprint density at radius 1 is 0.969 bits per heavy atom. The van der Waals surface area contributed by atoms with E-state index < -0.39 is 5.41 Å². The van der Waals surface area contributed by atoms with Gasteiger partial charge < -0.3 is 19.1 Å². The first kappa shape index (κ1) is 27.6. The lowest BCUT2D eigenvalue weighted by atomic mass is 9.69. The fraction of sp³-hybridized carbons (Fsp3) is 0.500. The normalized spacial score (nSPS) is 12.6. The molecule has 176 valence electrons. The van der Waals surface area contributed by atoms with Crippen LogP contribution in [-0.4, -0.2) is 46.4 Å². The molecule has 0 aliphatic heterocycles. The first-order chi connectivity index (χ1) is 14.9. The number of hydrogen-bond donors (Lipinski definition) is 0. The summed E-state index contributed by atoms with van der Waals surface area (Å²) in [4.78, 5) is 2.33. The van der Waals surface area contributed by atoms with Gasteiger partial charge in [-0.2, -0.15) is 5.26 Å². The van der Waals surface area contributed by atoms with E-state index in [1.807, 2.05) is 30.3 Å². The van der Waals surface area contributed by atoms with Gasteiger partial charge in [0.15, 0.2) is 11.5 Å². The summed E-state index contributed by atoms with van der Waals surface area (Å²) in [5, 5.41) is 10.2. The molecule has 2 rings (SSSR count). The highest BCUT2D eigenvalue weighted by atomic mass is 35.5. The van der Waals surface area contributed by atoms with E-state index in [-0.39, 0.29) is 18.3 Å². The zero-order valence-corrected chi connectivity index (χ0v) is 21.0.